The first-order valence-electron chi connectivity index (χ1n) is 8.88. The van der Waals surface area contributed by atoms with Crippen LogP contribution < -0.4 is 4.74 Å². The minimum Gasteiger partial charge on any atom is -0.478 e. The first-order chi connectivity index (χ1) is 14.5. The maximum atomic E-state index is 12.6. The number of hydrogen-bond acceptors (Lipinski definition) is 5. The number of esters is 1. The first-order valence-corrected chi connectivity index (χ1v) is 10.1. The van der Waals surface area contributed by atoms with Crippen LogP contribution in [0.25, 0.3) is 10.1 Å². The second-order valence-electron chi connectivity index (χ2n) is 6.32. The number of hydrogen-bond donors (Lipinski definition) is 1. The second kappa shape index (κ2) is 8.49. The summed E-state index contributed by atoms with van der Waals surface area (Å²) in [5, 5.41) is 10.3. The smallest absolute Gasteiger partial charge is 0.355 e. The highest BCUT2D eigenvalue weighted by Gasteiger charge is 2.19. The van der Waals surface area contributed by atoms with Crippen LogP contribution in [-0.2, 0) is 0 Å². The van der Waals surface area contributed by atoms with Crippen molar-refractivity contribution in [2.24, 2.45) is 4.99 Å². The molecule has 0 fully saturated rings. The van der Waals surface area contributed by atoms with E-state index in [1.165, 1.54) is 23.5 Å². The Balaban J connectivity index is 1.53. The van der Waals surface area contributed by atoms with Crippen LogP contribution in [0.4, 0.5) is 5.69 Å². The van der Waals surface area contributed by atoms with E-state index < -0.39 is 11.9 Å². The maximum Gasteiger partial charge on any atom is 0.355 e. The number of halogens is 1. The molecule has 30 heavy (non-hydrogen) atoms. The molecule has 5 nitrogen and oxygen atoms in total. The molecule has 0 saturated carbocycles. The van der Waals surface area contributed by atoms with Crippen molar-refractivity contribution in [2.45, 2.75) is 0 Å². The van der Waals surface area contributed by atoms with Crippen molar-refractivity contribution in [1.29, 1.82) is 0 Å². The zero-order chi connectivity index (χ0) is 21.1. The molecule has 1 aromatic heterocycles. The summed E-state index contributed by atoms with van der Waals surface area (Å²) in [6, 6.07) is 20.7. The fourth-order valence-electron chi connectivity index (χ4n) is 2.83. The van der Waals surface area contributed by atoms with Crippen molar-refractivity contribution >= 4 is 56.9 Å². The molecule has 0 bridgehead atoms. The van der Waals surface area contributed by atoms with Crippen molar-refractivity contribution in [2.75, 3.05) is 0 Å². The van der Waals surface area contributed by atoms with Crippen LogP contribution in [-0.4, -0.2) is 23.3 Å². The number of carbonyl (C=O) groups is 2. The number of aromatic carboxylic acids is 1. The van der Waals surface area contributed by atoms with E-state index in [1.54, 1.807) is 42.6 Å². The fraction of sp³-hybridized carbons (Fsp3) is 0. The number of benzene rings is 3. The molecular weight excluding hydrogens is 422 g/mol. The topological polar surface area (TPSA) is 76.0 Å². The van der Waals surface area contributed by atoms with Gasteiger partial charge in [-0.1, -0.05) is 48.0 Å². The molecule has 1 heterocycles. The zero-order valence-electron chi connectivity index (χ0n) is 15.4. The van der Waals surface area contributed by atoms with E-state index in [0.29, 0.717) is 26.9 Å². The average Bonchev–Trinajstić information content (AvgIpc) is 3.10. The molecule has 0 aliphatic rings. The Labute approximate surface area is 180 Å². The van der Waals surface area contributed by atoms with Gasteiger partial charge in [0.25, 0.3) is 0 Å². The number of fused-ring (bicyclic) bond motifs is 1. The van der Waals surface area contributed by atoms with Crippen molar-refractivity contribution in [1.82, 2.24) is 0 Å². The largest absolute Gasteiger partial charge is 0.478 e. The molecular formula is C23H14ClNO4S. The Kier molecular flexibility index (Phi) is 5.61. The van der Waals surface area contributed by atoms with Crippen molar-refractivity contribution in [3.63, 3.8) is 0 Å². The Morgan fingerprint density at radius 3 is 2.60 bits per heavy atom. The summed E-state index contributed by atoms with van der Waals surface area (Å²) in [5.41, 5.74) is 1.37. The van der Waals surface area contributed by atoms with Gasteiger partial charge in [-0.2, -0.15) is 0 Å². The van der Waals surface area contributed by atoms with Crippen LogP contribution in [0, 0.1) is 0 Å². The van der Waals surface area contributed by atoms with E-state index in [1.807, 2.05) is 24.3 Å². The number of rotatable bonds is 5. The van der Waals surface area contributed by atoms with Gasteiger partial charge in [0, 0.05) is 16.3 Å². The summed E-state index contributed by atoms with van der Waals surface area (Å²) in [7, 11) is 0. The van der Waals surface area contributed by atoms with E-state index in [2.05, 4.69) is 4.99 Å². The summed E-state index contributed by atoms with van der Waals surface area (Å²) in [5.74, 6) is -1.18. The molecule has 0 aliphatic carbocycles. The number of nitrogens with zero attached hydrogens (tertiary/aromatic N) is 1. The molecule has 0 spiro atoms. The van der Waals surface area contributed by atoms with Crippen LogP contribution in [0.3, 0.4) is 0 Å². The summed E-state index contributed by atoms with van der Waals surface area (Å²) in [6.45, 7) is 0. The highest BCUT2D eigenvalue weighted by Crippen LogP contribution is 2.35. The van der Waals surface area contributed by atoms with Crippen molar-refractivity contribution in [3.8, 4) is 5.75 Å². The molecule has 0 unspecified atom stereocenters. The SMILES string of the molecule is O=C(O)c1cccc(N=Cc2cccc(OC(=O)c3sc4ccccc4c3Cl)c2)c1. The standard InChI is InChI=1S/C23H14ClNO4S/c24-20-18-9-1-2-10-19(18)30-21(20)23(28)29-17-8-3-5-14(11-17)13-25-16-7-4-6-15(12-16)22(26)27/h1-13H,(H,26,27). The predicted octanol–water partition coefficient (Wildman–Crippen LogP) is 6.22. The van der Waals surface area contributed by atoms with Gasteiger partial charge in [-0.25, -0.2) is 9.59 Å². The Morgan fingerprint density at radius 1 is 1.00 bits per heavy atom. The predicted molar refractivity (Wildman–Crippen MR) is 119 cm³/mol. The number of carboxylic acid groups (broad SMARTS) is 1. The van der Waals surface area contributed by atoms with Gasteiger partial charge in [-0.05, 0) is 42.0 Å². The molecule has 0 atom stereocenters. The van der Waals surface area contributed by atoms with Gasteiger partial charge in [0.15, 0.2) is 0 Å². The first kappa shape index (κ1) is 19.8. The van der Waals surface area contributed by atoms with Crippen LogP contribution >= 0.6 is 22.9 Å². The van der Waals surface area contributed by atoms with E-state index in [9.17, 15) is 9.59 Å². The van der Waals surface area contributed by atoms with Gasteiger partial charge in [-0.3, -0.25) is 4.99 Å². The Hall–Kier alpha value is -3.48. The number of carboxylic acids is 1. The third-order valence-corrected chi connectivity index (χ3v) is 5.90. The highest BCUT2D eigenvalue weighted by atomic mass is 35.5. The molecule has 4 aromatic rings. The molecule has 7 heteroatoms. The maximum absolute atomic E-state index is 12.6. The van der Waals surface area contributed by atoms with E-state index >= 15 is 0 Å². The van der Waals surface area contributed by atoms with E-state index in [0.717, 1.165) is 10.1 Å². The molecule has 0 saturated heterocycles. The molecule has 1 N–H and O–H groups in total. The van der Waals surface area contributed by atoms with Crippen LogP contribution in [0.1, 0.15) is 25.6 Å². The van der Waals surface area contributed by atoms with Gasteiger partial charge < -0.3 is 9.84 Å². The molecule has 0 aliphatic heterocycles. The number of ether oxygens (including phenoxy) is 1. The zero-order valence-corrected chi connectivity index (χ0v) is 17.0. The van der Waals surface area contributed by atoms with E-state index in [-0.39, 0.29) is 5.56 Å². The van der Waals surface area contributed by atoms with Gasteiger partial charge in [0.05, 0.1) is 16.3 Å². The fourth-order valence-corrected chi connectivity index (χ4v) is 4.21. The molecule has 3 aromatic carbocycles. The van der Waals surface area contributed by atoms with Gasteiger partial charge >= 0.3 is 11.9 Å². The van der Waals surface area contributed by atoms with Crippen LogP contribution in [0.2, 0.25) is 5.02 Å². The molecule has 0 amide bonds. The second-order valence-corrected chi connectivity index (χ2v) is 7.75. The van der Waals surface area contributed by atoms with Gasteiger partial charge in [-0.15, -0.1) is 11.3 Å². The number of aliphatic imine (C=N–C) groups is 1. The van der Waals surface area contributed by atoms with Gasteiger partial charge in [0.1, 0.15) is 10.6 Å². The summed E-state index contributed by atoms with van der Waals surface area (Å²) in [6.07, 6.45) is 1.57. The quantitative estimate of drug-likeness (QED) is 0.229. The monoisotopic (exact) mass is 435 g/mol. The third kappa shape index (κ3) is 4.25. The number of carbonyl (C=O) groups excluding carboxylic acids is 1. The van der Waals surface area contributed by atoms with Crippen LogP contribution in [0.15, 0.2) is 77.8 Å². The van der Waals surface area contributed by atoms with E-state index in [4.69, 9.17) is 21.4 Å². The third-order valence-electron chi connectivity index (χ3n) is 4.24. The van der Waals surface area contributed by atoms with Gasteiger partial charge in [0.2, 0.25) is 0 Å². The minimum atomic E-state index is -1.01. The molecule has 148 valence electrons. The lowest BCUT2D eigenvalue weighted by atomic mass is 10.2. The summed E-state index contributed by atoms with van der Waals surface area (Å²) >= 11 is 7.63. The molecule has 0 radical (unpaired) electrons. The lowest BCUT2D eigenvalue weighted by Gasteiger charge is -2.04. The average molecular weight is 436 g/mol. The lowest BCUT2D eigenvalue weighted by Crippen LogP contribution is -2.07. The van der Waals surface area contributed by atoms with Crippen LogP contribution in [0.5, 0.6) is 5.75 Å². The Bertz CT molecular complexity index is 1300. The van der Waals surface area contributed by atoms with Crippen molar-refractivity contribution in [3.05, 3.63) is 93.8 Å². The summed E-state index contributed by atoms with van der Waals surface area (Å²) < 4.78 is 6.42. The Morgan fingerprint density at radius 2 is 1.80 bits per heavy atom. The number of thiophene rings is 1. The summed E-state index contributed by atoms with van der Waals surface area (Å²) in [4.78, 5) is 28.3. The van der Waals surface area contributed by atoms with Crippen molar-refractivity contribution < 1.29 is 19.4 Å². The molecule has 4 rings (SSSR count). The highest BCUT2D eigenvalue weighted by molar-refractivity contribution is 7.21. The minimum absolute atomic E-state index is 0.160. The lowest BCUT2D eigenvalue weighted by molar-refractivity contribution is 0.0694. The normalized spacial score (nSPS) is 11.1.